The number of aromatic nitrogens is 2. The van der Waals surface area contributed by atoms with E-state index >= 15 is 0 Å². The second kappa shape index (κ2) is 9.54. The summed E-state index contributed by atoms with van der Waals surface area (Å²) < 4.78 is 37.2. The molecule has 0 radical (unpaired) electrons. The molecule has 1 aromatic carbocycles. The second-order valence-corrected chi connectivity index (χ2v) is 8.59. The van der Waals surface area contributed by atoms with Crippen LogP contribution in [0, 0.1) is 0 Å². The minimum atomic E-state index is -4.00. The number of benzene rings is 1. The highest BCUT2D eigenvalue weighted by Gasteiger charge is 2.29. The highest BCUT2D eigenvalue weighted by atomic mass is 32.2. The normalized spacial score (nSPS) is 16.6. The van der Waals surface area contributed by atoms with Crippen LogP contribution in [0.25, 0.3) is 0 Å². The first-order valence-corrected chi connectivity index (χ1v) is 11.7. The summed E-state index contributed by atoms with van der Waals surface area (Å²) in [5.41, 5.74) is 3.80. The van der Waals surface area contributed by atoms with Gasteiger partial charge in [-0.05, 0) is 44.7 Å². The van der Waals surface area contributed by atoms with Gasteiger partial charge in [0.15, 0.2) is 0 Å². The first-order chi connectivity index (χ1) is 14.0. The van der Waals surface area contributed by atoms with Crippen LogP contribution in [0.3, 0.4) is 0 Å². The number of hydrogen-bond donors (Lipinski definition) is 1. The monoisotopic (exact) mass is 419 g/mol. The predicted molar refractivity (Wildman–Crippen MR) is 112 cm³/mol. The van der Waals surface area contributed by atoms with Crippen LogP contribution < -0.4 is 0 Å². The van der Waals surface area contributed by atoms with Gasteiger partial charge >= 0.3 is 0 Å². The molecule has 158 valence electrons. The van der Waals surface area contributed by atoms with E-state index in [1.807, 2.05) is 6.92 Å². The van der Waals surface area contributed by atoms with Crippen molar-refractivity contribution < 1.29 is 17.7 Å². The van der Waals surface area contributed by atoms with Crippen molar-refractivity contribution in [1.29, 1.82) is 0 Å². The first-order valence-electron chi connectivity index (χ1n) is 10.3. The van der Waals surface area contributed by atoms with Gasteiger partial charge in [-0.1, -0.05) is 38.0 Å². The highest BCUT2D eigenvalue weighted by molar-refractivity contribution is 7.85. The summed E-state index contributed by atoms with van der Waals surface area (Å²) in [6.07, 6.45) is 7.15. The quantitative estimate of drug-likeness (QED) is 0.760. The molecular formula is C21H29N3O4S. The zero-order chi connectivity index (χ0) is 20.9. The van der Waals surface area contributed by atoms with Gasteiger partial charge < -0.3 is 4.74 Å². The van der Waals surface area contributed by atoms with Crippen molar-refractivity contribution in [2.75, 3.05) is 13.2 Å². The van der Waals surface area contributed by atoms with Gasteiger partial charge in [0.1, 0.15) is 5.69 Å². The molecule has 0 amide bonds. The lowest BCUT2D eigenvalue weighted by Crippen LogP contribution is -2.22. The van der Waals surface area contributed by atoms with Crippen molar-refractivity contribution in [2.45, 2.75) is 63.3 Å². The molecule has 1 fully saturated rings. The minimum absolute atomic E-state index is 0.0741. The lowest BCUT2D eigenvalue weighted by molar-refractivity contribution is 0.319. The van der Waals surface area contributed by atoms with Crippen LogP contribution in [0.4, 0.5) is 0 Å². The molecule has 1 aliphatic heterocycles. The van der Waals surface area contributed by atoms with Gasteiger partial charge in [0.25, 0.3) is 10.1 Å². The topological polar surface area (TPSA) is 93.8 Å². The summed E-state index contributed by atoms with van der Waals surface area (Å²) >= 11 is 0. The summed E-state index contributed by atoms with van der Waals surface area (Å²) in [7, 11) is -4.00. The molecule has 2 aromatic rings. The molecule has 1 aromatic heterocycles. The Kier molecular flexibility index (Phi) is 7.08. The molecule has 2 heterocycles. The van der Waals surface area contributed by atoms with Crippen LogP contribution in [0.5, 0.6) is 0 Å². The number of aliphatic imine (C=N–C) groups is 1. The van der Waals surface area contributed by atoms with E-state index in [1.54, 1.807) is 18.2 Å². The average Bonchev–Trinajstić information content (AvgIpc) is 3.37. The summed E-state index contributed by atoms with van der Waals surface area (Å²) in [6, 6.07) is 7.98. The molecule has 0 saturated heterocycles. The van der Waals surface area contributed by atoms with Crippen LogP contribution in [0.15, 0.2) is 40.2 Å². The largest absolute Gasteiger partial charge is 0.477 e. The lowest BCUT2D eigenvalue weighted by atomic mass is 10.0. The molecule has 1 aliphatic carbocycles. The number of fused-ring (bicyclic) bond motifs is 1. The van der Waals surface area contributed by atoms with Crippen molar-refractivity contribution in [3.63, 3.8) is 0 Å². The van der Waals surface area contributed by atoms with Gasteiger partial charge in [0.2, 0.25) is 5.90 Å². The summed E-state index contributed by atoms with van der Waals surface area (Å²) in [6.45, 7) is 5.72. The summed E-state index contributed by atoms with van der Waals surface area (Å²) in [4.78, 5) is 4.50. The van der Waals surface area contributed by atoms with Crippen molar-refractivity contribution in [1.82, 2.24) is 9.78 Å². The standard InChI is InChI=1S/C15H23N3O.C6H6O3S/c1-3-13-12-9-10-16-15(19-4-2)14(12)18(17-13)11-7-5-6-8-11;7-10(8,9)6-4-2-1-3-5-6/h11H,3-10H2,1-2H3;1-5H,(H,7,8,9). The number of ether oxygens (including phenoxy) is 1. The number of hydrogen-bond acceptors (Lipinski definition) is 5. The van der Waals surface area contributed by atoms with Crippen molar-refractivity contribution in [3.8, 4) is 0 Å². The van der Waals surface area contributed by atoms with E-state index in [2.05, 4.69) is 16.6 Å². The Labute approximate surface area is 172 Å². The third-order valence-electron chi connectivity index (χ3n) is 5.24. The molecule has 0 unspecified atom stereocenters. The molecule has 1 saturated carbocycles. The molecular weight excluding hydrogens is 390 g/mol. The second-order valence-electron chi connectivity index (χ2n) is 7.17. The van der Waals surface area contributed by atoms with Crippen molar-refractivity contribution >= 4 is 16.0 Å². The third-order valence-corrected chi connectivity index (χ3v) is 6.11. The Morgan fingerprint density at radius 3 is 2.41 bits per heavy atom. The molecule has 2 aliphatic rings. The maximum Gasteiger partial charge on any atom is 0.294 e. The Morgan fingerprint density at radius 2 is 1.86 bits per heavy atom. The zero-order valence-electron chi connectivity index (χ0n) is 17.0. The Morgan fingerprint density at radius 1 is 1.17 bits per heavy atom. The molecule has 7 nitrogen and oxygen atoms in total. The SMILES string of the molecule is CCOC1=NCCc2c(CC)nn(C3CCCC3)c21.O=S(=O)(O)c1ccccc1. The van der Waals surface area contributed by atoms with Gasteiger partial charge in [0, 0.05) is 12.1 Å². The minimum Gasteiger partial charge on any atom is -0.477 e. The van der Waals surface area contributed by atoms with E-state index in [0.717, 1.165) is 25.3 Å². The average molecular weight is 420 g/mol. The molecule has 8 heteroatoms. The maximum absolute atomic E-state index is 10.4. The van der Waals surface area contributed by atoms with Crippen LogP contribution in [0.1, 0.15) is 62.5 Å². The van der Waals surface area contributed by atoms with Crippen LogP contribution in [-0.4, -0.2) is 41.8 Å². The zero-order valence-corrected chi connectivity index (χ0v) is 17.9. The molecule has 29 heavy (non-hydrogen) atoms. The predicted octanol–water partition coefficient (Wildman–Crippen LogP) is 3.83. The molecule has 0 atom stereocenters. The van der Waals surface area contributed by atoms with Gasteiger partial charge in [-0.2, -0.15) is 13.5 Å². The van der Waals surface area contributed by atoms with Gasteiger partial charge in [-0.3, -0.25) is 9.23 Å². The highest BCUT2D eigenvalue weighted by Crippen LogP contribution is 2.33. The number of rotatable bonds is 4. The maximum atomic E-state index is 10.4. The van der Waals surface area contributed by atoms with Gasteiger partial charge in [0.05, 0.1) is 23.2 Å². The van der Waals surface area contributed by atoms with Crippen molar-refractivity contribution in [2.24, 2.45) is 4.99 Å². The van der Waals surface area contributed by atoms with Crippen molar-refractivity contribution in [3.05, 3.63) is 47.3 Å². The number of nitrogens with zero attached hydrogens (tertiary/aromatic N) is 3. The summed E-state index contributed by atoms with van der Waals surface area (Å²) in [5, 5.41) is 4.88. The smallest absolute Gasteiger partial charge is 0.294 e. The molecule has 0 bridgehead atoms. The van der Waals surface area contributed by atoms with E-state index in [-0.39, 0.29) is 4.90 Å². The Bertz CT molecular complexity index is 946. The van der Waals surface area contributed by atoms with Crippen LogP contribution in [0.2, 0.25) is 0 Å². The molecule has 1 N–H and O–H groups in total. The van der Waals surface area contributed by atoms with E-state index in [0.29, 0.717) is 12.6 Å². The Balaban J connectivity index is 0.000000204. The fraction of sp³-hybridized carbons (Fsp3) is 0.524. The fourth-order valence-electron chi connectivity index (χ4n) is 3.89. The third kappa shape index (κ3) is 5.05. The van der Waals surface area contributed by atoms with Gasteiger partial charge in [-0.15, -0.1) is 0 Å². The first kappa shape index (κ1) is 21.5. The summed E-state index contributed by atoms with van der Waals surface area (Å²) in [5.74, 6) is 0.822. The fourth-order valence-corrected chi connectivity index (χ4v) is 4.39. The van der Waals surface area contributed by atoms with E-state index < -0.39 is 10.1 Å². The van der Waals surface area contributed by atoms with Crippen LogP contribution in [-0.2, 0) is 27.7 Å². The lowest BCUT2D eigenvalue weighted by Gasteiger charge is -2.19. The molecule has 4 rings (SSSR count). The van der Waals surface area contributed by atoms with E-state index in [4.69, 9.17) is 14.4 Å². The van der Waals surface area contributed by atoms with E-state index in [1.165, 1.54) is 54.8 Å². The number of aryl methyl sites for hydroxylation is 1. The van der Waals surface area contributed by atoms with E-state index in [9.17, 15) is 8.42 Å². The van der Waals surface area contributed by atoms with Crippen LogP contribution >= 0.6 is 0 Å². The van der Waals surface area contributed by atoms with Gasteiger partial charge in [-0.25, -0.2) is 4.99 Å². The molecule has 0 spiro atoms. The Hall–Kier alpha value is -2.19.